The molecule has 0 bridgehead atoms. The summed E-state index contributed by atoms with van der Waals surface area (Å²) < 4.78 is 26.2. The summed E-state index contributed by atoms with van der Waals surface area (Å²) in [6, 6.07) is 1.87. The number of benzene rings is 1. The Balaban J connectivity index is 2.90. The average molecular weight is 313 g/mol. The van der Waals surface area contributed by atoms with Gasteiger partial charge in [-0.3, -0.25) is 4.79 Å². The van der Waals surface area contributed by atoms with Crippen molar-refractivity contribution in [2.24, 2.45) is 5.92 Å². The second-order valence-electron chi connectivity index (χ2n) is 3.29. The molecular weight excluding hydrogens is 303 g/mol. The second-order valence-corrected chi connectivity index (χ2v) is 4.45. The Hall–Kier alpha value is -0.680. The van der Waals surface area contributed by atoms with Gasteiger partial charge in [-0.2, -0.15) is 0 Å². The molecule has 0 saturated carbocycles. The average Bonchev–Trinajstić information content (AvgIpc) is 2.24. The molecule has 0 aliphatic rings. The molecule has 1 unspecified atom stereocenters. The minimum atomic E-state index is -0.823. The van der Waals surface area contributed by atoms with E-state index >= 15 is 0 Å². The molecule has 0 fully saturated rings. The highest BCUT2D eigenvalue weighted by atomic mass is 79.9. The quantitative estimate of drug-likeness (QED) is 0.671. The molecule has 16 heavy (non-hydrogen) atoms. The predicted octanol–water partition coefficient (Wildman–Crippen LogP) is 3.54. The van der Waals surface area contributed by atoms with E-state index in [0.717, 1.165) is 0 Å². The van der Waals surface area contributed by atoms with Gasteiger partial charge in [0.2, 0.25) is 5.91 Å². The maximum absolute atomic E-state index is 13.2. The lowest BCUT2D eigenvalue weighted by molar-refractivity contribution is -0.118. The summed E-state index contributed by atoms with van der Waals surface area (Å²) in [5.74, 6) is -2.26. The van der Waals surface area contributed by atoms with E-state index in [-0.39, 0.29) is 16.0 Å². The summed E-state index contributed by atoms with van der Waals surface area (Å²) in [6.07, 6.45) is 0. The molecular formula is C10H9BrClF2NO. The summed E-state index contributed by atoms with van der Waals surface area (Å²) >= 11 is 8.39. The molecule has 1 amide bonds. The molecule has 1 atom stereocenters. The Bertz CT molecular complexity index is 414. The molecule has 1 N–H and O–H groups in total. The number of carbonyl (C=O) groups excluding carboxylic acids is 1. The summed E-state index contributed by atoms with van der Waals surface area (Å²) in [7, 11) is 0. The van der Waals surface area contributed by atoms with E-state index in [1.807, 2.05) is 0 Å². The van der Waals surface area contributed by atoms with Crippen molar-refractivity contribution < 1.29 is 13.6 Å². The number of amides is 1. The molecule has 1 aromatic carbocycles. The van der Waals surface area contributed by atoms with Gasteiger partial charge in [0.25, 0.3) is 0 Å². The number of nitrogens with one attached hydrogen (secondary N) is 1. The number of hydrogen-bond acceptors (Lipinski definition) is 1. The number of alkyl halides is 1. The number of halogens is 4. The zero-order valence-electron chi connectivity index (χ0n) is 8.36. The smallest absolute Gasteiger partial charge is 0.228 e. The van der Waals surface area contributed by atoms with Gasteiger partial charge in [0.15, 0.2) is 0 Å². The van der Waals surface area contributed by atoms with Crippen LogP contribution >= 0.6 is 27.5 Å². The van der Waals surface area contributed by atoms with Gasteiger partial charge in [0.05, 0.1) is 10.2 Å². The van der Waals surface area contributed by atoms with Crippen LogP contribution in [0.2, 0.25) is 0 Å². The predicted molar refractivity (Wildman–Crippen MR) is 62.6 cm³/mol. The first-order chi connectivity index (χ1) is 7.45. The van der Waals surface area contributed by atoms with Crippen LogP contribution in [0, 0.1) is 17.6 Å². The van der Waals surface area contributed by atoms with E-state index in [1.54, 1.807) is 6.92 Å². The van der Waals surface area contributed by atoms with Gasteiger partial charge in [-0.15, -0.1) is 11.6 Å². The lowest BCUT2D eigenvalue weighted by Gasteiger charge is -2.10. The van der Waals surface area contributed by atoms with Crippen LogP contribution in [-0.4, -0.2) is 11.8 Å². The summed E-state index contributed by atoms with van der Waals surface area (Å²) in [5.41, 5.74) is -0.0739. The fourth-order valence-electron chi connectivity index (χ4n) is 0.944. The van der Waals surface area contributed by atoms with Crippen molar-refractivity contribution in [1.29, 1.82) is 0 Å². The Morgan fingerprint density at radius 1 is 1.50 bits per heavy atom. The van der Waals surface area contributed by atoms with Crippen molar-refractivity contribution in [1.82, 2.24) is 0 Å². The highest BCUT2D eigenvalue weighted by Gasteiger charge is 2.15. The van der Waals surface area contributed by atoms with Gasteiger partial charge in [-0.1, -0.05) is 6.92 Å². The van der Waals surface area contributed by atoms with E-state index < -0.39 is 23.5 Å². The summed E-state index contributed by atoms with van der Waals surface area (Å²) in [5, 5.41) is 2.33. The Labute approximate surface area is 105 Å². The van der Waals surface area contributed by atoms with Crippen molar-refractivity contribution in [3.8, 4) is 0 Å². The topological polar surface area (TPSA) is 29.1 Å². The van der Waals surface area contributed by atoms with Gasteiger partial charge in [-0.05, 0) is 22.0 Å². The van der Waals surface area contributed by atoms with Gasteiger partial charge in [0.1, 0.15) is 11.6 Å². The Morgan fingerprint density at radius 2 is 2.12 bits per heavy atom. The summed E-state index contributed by atoms with van der Waals surface area (Å²) in [6.45, 7) is 1.61. The van der Waals surface area contributed by atoms with Crippen molar-refractivity contribution >= 4 is 39.1 Å². The lowest BCUT2D eigenvalue weighted by atomic mass is 10.2. The second kappa shape index (κ2) is 5.59. The van der Waals surface area contributed by atoms with E-state index in [1.165, 1.54) is 6.07 Å². The maximum atomic E-state index is 13.2. The molecule has 0 heterocycles. The number of carbonyl (C=O) groups is 1. The van der Waals surface area contributed by atoms with Crippen LogP contribution in [0.25, 0.3) is 0 Å². The van der Waals surface area contributed by atoms with Crippen molar-refractivity contribution in [3.05, 3.63) is 28.2 Å². The van der Waals surface area contributed by atoms with Crippen LogP contribution in [0.4, 0.5) is 14.5 Å². The number of anilines is 1. The normalized spacial score (nSPS) is 12.3. The van der Waals surface area contributed by atoms with Gasteiger partial charge >= 0.3 is 0 Å². The van der Waals surface area contributed by atoms with Gasteiger partial charge < -0.3 is 5.32 Å². The largest absolute Gasteiger partial charge is 0.323 e. The maximum Gasteiger partial charge on any atom is 0.228 e. The molecule has 2 nitrogen and oxygen atoms in total. The molecule has 0 saturated heterocycles. The fraction of sp³-hybridized carbons (Fsp3) is 0.300. The molecule has 6 heteroatoms. The Morgan fingerprint density at radius 3 is 2.69 bits per heavy atom. The first-order valence-corrected chi connectivity index (χ1v) is 5.79. The van der Waals surface area contributed by atoms with E-state index in [9.17, 15) is 13.6 Å². The SMILES string of the molecule is CC(CCl)C(=O)Nc1cc(Br)c(F)cc1F. The lowest BCUT2D eigenvalue weighted by Crippen LogP contribution is -2.22. The molecule has 0 aliphatic heterocycles. The van der Waals surface area contributed by atoms with Crippen LogP contribution in [0.3, 0.4) is 0 Å². The third-order valence-electron chi connectivity index (χ3n) is 1.95. The third-order valence-corrected chi connectivity index (χ3v) is 3.02. The highest BCUT2D eigenvalue weighted by molar-refractivity contribution is 9.10. The van der Waals surface area contributed by atoms with Crippen LogP contribution in [0.1, 0.15) is 6.92 Å². The monoisotopic (exact) mass is 311 g/mol. The zero-order valence-corrected chi connectivity index (χ0v) is 10.7. The molecule has 1 aromatic rings. The molecule has 0 aliphatic carbocycles. The molecule has 0 aromatic heterocycles. The summed E-state index contributed by atoms with van der Waals surface area (Å²) in [4.78, 5) is 11.4. The number of rotatable bonds is 3. The van der Waals surface area contributed by atoms with Gasteiger partial charge in [-0.25, -0.2) is 8.78 Å². The van der Waals surface area contributed by atoms with Crippen molar-refractivity contribution in [3.63, 3.8) is 0 Å². The third kappa shape index (κ3) is 3.15. The van der Waals surface area contributed by atoms with Crippen LogP contribution in [-0.2, 0) is 4.79 Å². The van der Waals surface area contributed by atoms with E-state index in [2.05, 4.69) is 21.2 Å². The van der Waals surface area contributed by atoms with E-state index in [0.29, 0.717) is 6.07 Å². The molecule has 88 valence electrons. The zero-order chi connectivity index (χ0) is 12.3. The number of hydrogen-bond donors (Lipinski definition) is 1. The van der Waals surface area contributed by atoms with Crippen molar-refractivity contribution in [2.45, 2.75) is 6.92 Å². The molecule has 0 radical (unpaired) electrons. The first-order valence-electron chi connectivity index (χ1n) is 4.47. The van der Waals surface area contributed by atoms with Crippen molar-refractivity contribution in [2.75, 3.05) is 11.2 Å². The van der Waals surface area contributed by atoms with Crippen LogP contribution in [0.15, 0.2) is 16.6 Å². The molecule has 0 spiro atoms. The highest BCUT2D eigenvalue weighted by Crippen LogP contribution is 2.24. The van der Waals surface area contributed by atoms with Crippen LogP contribution < -0.4 is 5.32 Å². The Kier molecular flexibility index (Phi) is 4.68. The minimum absolute atomic E-state index is 0.0739. The van der Waals surface area contributed by atoms with Gasteiger partial charge in [0, 0.05) is 17.9 Å². The van der Waals surface area contributed by atoms with E-state index in [4.69, 9.17) is 11.6 Å². The molecule has 1 rings (SSSR count). The first kappa shape index (κ1) is 13.4. The van der Waals surface area contributed by atoms with Crippen LogP contribution in [0.5, 0.6) is 0 Å². The minimum Gasteiger partial charge on any atom is -0.323 e. The standard InChI is InChI=1S/C10H9BrClF2NO/c1-5(4-12)10(16)15-9-2-6(11)7(13)3-8(9)14/h2-3,5H,4H2,1H3,(H,15,16). The fourth-order valence-corrected chi connectivity index (χ4v) is 1.43.